The lowest BCUT2D eigenvalue weighted by Gasteiger charge is -2.09. The van der Waals surface area contributed by atoms with Crippen LogP contribution in [-0.2, 0) is 0 Å². The second-order valence-electron chi connectivity index (χ2n) is 5.22. The van der Waals surface area contributed by atoms with Crippen molar-refractivity contribution in [1.29, 1.82) is 0 Å². The maximum absolute atomic E-state index is 12.3. The van der Waals surface area contributed by atoms with Crippen LogP contribution in [0.15, 0.2) is 24.3 Å². The van der Waals surface area contributed by atoms with Crippen LogP contribution in [0.3, 0.4) is 0 Å². The third-order valence-electron chi connectivity index (χ3n) is 3.17. The van der Waals surface area contributed by atoms with E-state index in [1.54, 1.807) is 24.3 Å². The molecular weight excluding hydrogens is 323 g/mol. The highest BCUT2D eigenvalue weighted by Crippen LogP contribution is 2.25. The zero-order chi connectivity index (χ0) is 15.7. The van der Waals surface area contributed by atoms with Crippen LogP contribution < -0.4 is 10.6 Å². The van der Waals surface area contributed by atoms with Crippen LogP contribution in [0.5, 0.6) is 0 Å². The van der Waals surface area contributed by atoms with E-state index in [1.165, 1.54) is 0 Å². The smallest absolute Gasteiger partial charge is 0.274 e. The molecule has 1 aliphatic rings. The Kier molecular flexibility index (Phi) is 4.18. The van der Waals surface area contributed by atoms with Crippen LogP contribution in [0.4, 0.5) is 11.6 Å². The molecule has 0 atom stereocenters. The van der Waals surface area contributed by atoms with Crippen molar-refractivity contribution in [2.45, 2.75) is 25.8 Å². The molecule has 22 heavy (non-hydrogen) atoms. The van der Waals surface area contributed by atoms with E-state index in [0.29, 0.717) is 33.4 Å². The van der Waals surface area contributed by atoms with E-state index in [4.69, 9.17) is 23.2 Å². The molecule has 0 unspecified atom stereocenters. The minimum atomic E-state index is -0.317. The highest BCUT2D eigenvalue weighted by molar-refractivity contribution is 6.42. The third-order valence-corrected chi connectivity index (χ3v) is 3.91. The summed E-state index contributed by atoms with van der Waals surface area (Å²) in [5, 5.41) is 6.76. The number of amides is 1. The van der Waals surface area contributed by atoms with E-state index in [0.717, 1.165) is 18.5 Å². The van der Waals surface area contributed by atoms with Gasteiger partial charge in [0.1, 0.15) is 5.69 Å². The average molecular weight is 337 g/mol. The monoisotopic (exact) mass is 336 g/mol. The van der Waals surface area contributed by atoms with E-state index in [-0.39, 0.29) is 5.91 Å². The van der Waals surface area contributed by atoms with Gasteiger partial charge in [-0.05, 0) is 44.0 Å². The first-order valence-corrected chi connectivity index (χ1v) is 7.65. The fraction of sp³-hybridized carbons (Fsp3) is 0.267. The lowest BCUT2D eigenvalue weighted by Crippen LogP contribution is -2.16. The van der Waals surface area contributed by atoms with Crippen LogP contribution in [0.2, 0.25) is 10.0 Å². The zero-order valence-electron chi connectivity index (χ0n) is 11.9. The highest BCUT2D eigenvalue weighted by Gasteiger charge is 2.22. The summed E-state index contributed by atoms with van der Waals surface area (Å²) < 4.78 is 0. The summed E-state index contributed by atoms with van der Waals surface area (Å²) in [6.07, 6.45) is 2.23. The van der Waals surface area contributed by atoms with E-state index >= 15 is 0 Å². The number of carbonyl (C=O) groups is 1. The molecule has 2 N–H and O–H groups in total. The summed E-state index contributed by atoms with van der Waals surface area (Å²) in [6.45, 7) is 1.83. The summed E-state index contributed by atoms with van der Waals surface area (Å²) in [6, 6.07) is 6.98. The van der Waals surface area contributed by atoms with Crippen molar-refractivity contribution in [1.82, 2.24) is 9.97 Å². The predicted octanol–water partition coefficient (Wildman–Crippen LogP) is 3.92. The van der Waals surface area contributed by atoms with Crippen molar-refractivity contribution in [3.05, 3.63) is 45.7 Å². The summed E-state index contributed by atoms with van der Waals surface area (Å²) in [5.41, 5.74) is 1.60. The van der Waals surface area contributed by atoms with E-state index in [1.807, 2.05) is 6.92 Å². The molecular formula is C15H14Cl2N4O. The van der Waals surface area contributed by atoms with Gasteiger partial charge < -0.3 is 10.6 Å². The van der Waals surface area contributed by atoms with Gasteiger partial charge in [0.25, 0.3) is 5.91 Å². The molecule has 1 fully saturated rings. The number of anilines is 2. The summed E-state index contributed by atoms with van der Waals surface area (Å²) >= 11 is 11.8. The van der Waals surface area contributed by atoms with Gasteiger partial charge in [0.2, 0.25) is 5.95 Å². The van der Waals surface area contributed by atoms with Gasteiger partial charge in [-0.25, -0.2) is 9.97 Å². The number of nitrogens with zero attached hydrogens (tertiary/aromatic N) is 2. The standard InChI is InChI=1S/C15H14Cl2N4O/c1-8-6-13(21-15(18-8)20-9-2-3-9)14(22)19-10-4-5-11(16)12(17)7-10/h4-7,9H,2-3H2,1H3,(H,19,22)(H,18,20,21). The summed E-state index contributed by atoms with van der Waals surface area (Å²) in [5.74, 6) is 0.171. The third kappa shape index (κ3) is 3.67. The molecule has 114 valence electrons. The van der Waals surface area contributed by atoms with Crippen molar-refractivity contribution in [3.8, 4) is 0 Å². The number of hydrogen-bond acceptors (Lipinski definition) is 4. The quantitative estimate of drug-likeness (QED) is 0.887. The number of carbonyl (C=O) groups excluding carboxylic acids is 1. The number of benzene rings is 1. The molecule has 3 rings (SSSR count). The van der Waals surface area contributed by atoms with Gasteiger partial charge in [-0.3, -0.25) is 4.79 Å². The molecule has 1 heterocycles. The lowest BCUT2D eigenvalue weighted by molar-refractivity contribution is 0.102. The topological polar surface area (TPSA) is 66.9 Å². The Labute approximate surface area is 138 Å². The van der Waals surface area contributed by atoms with Crippen molar-refractivity contribution in [2.24, 2.45) is 0 Å². The van der Waals surface area contributed by atoms with Crippen molar-refractivity contribution >= 4 is 40.7 Å². The molecule has 0 spiro atoms. The average Bonchev–Trinajstić information content (AvgIpc) is 3.26. The summed E-state index contributed by atoms with van der Waals surface area (Å²) in [4.78, 5) is 20.9. The molecule has 7 heteroatoms. The molecule has 0 bridgehead atoms. The number of halogens is 2. The fourth-order valence-corrected chi connectivity index (χ4v) is 2.23. The van der Waals surface area contributed by atoms with Crippen LogP contribution in [-0.4, -0.2) is 21.9 Å². The van der Waals surface area contributed by atoms with Gasteiger partial charge in [-0.2, -0.15) is 0 Å². The van der Waals surface area contributed by atoms with Gasteiger partial charge in [0.05, 0.1) is 10.0 Å². The van der Waals surface area contributed by atoms with Crippen molar-refractivity contribution in [3.63, 3.8) is 0 Å². The van der Waals surface area contributed by atoms with Gasteiger partial charge in [-0.15, -0.1) is 0 Å². The Hall–Kier alpha value is -1.85. The minimum absolute atomic E-state index is 0.307. The van der Waals surface area contributed by atoms with Crippen LogP contribution >= 0.6 is 23.2 Å². The first-order valence-electron chi connectivity index (χ1n) is 6.90. The molecule has 0 saturated heterocycles. The van der Waals surface area contributed by atoms with E-state index in [9.17, 15) is 4.79 Å². The molecule has 1 aliphatic carbocycles. The molecule has 1 amide bonds. The van der Waals surface area contributed by atoms with Gasteiger partial charge in [-0.1, -0.05) is 23.2 Å². The van der Waals surface area contributed by atoms with Crippen LogP contribution in [0.25, 0.3) is 0 Å². The number of rotatable bonds is 4. The zero-order valence-corrected chi connectivity index (χ0v) is 13.4. The van der Waals surface area contributed by atoms with Crippen molar-refractivity contribution in [2.75, 3.05) is 10.6 Å². The second kappa shape index (κ2) is 6.10. The van der Waals surface area contributed by atoms with Crippen LogP contribution in [0.1, 0.15) is 29.0 Å². The fourth-order valence-electron chi connectivity index (χ4n) is 1.93. The Morgan fingerprint density at radius 3 is 2.64 bits per heavy atom. The summed E-state index contributed by atoms with van der Waals surface area (Å²) in [7, 11) is 0. The highest BCUT2D eigenvalue weighted by atomic mass is 35.5. The molecule has 0 aliphatic heterocycles. The molecule has 1 saturated carbocycles. The van der Waals surface area contributed by atoms with Crippen LogP contribution in [0, 0.1) is 6.92 Å². The normalized spacial score (nSPS) is 13.8. The van der Waals surface area contributed by atoms with E-state index < -0.39 is 0 Å². The minimum Gasteiger partial charge on any atom is -0.351 e. The Bertz CT molecular complexity index is 731. The first kappa shape index (κ1) is 15.1. The number of aromatic nitrogens is 2. The van der Waals surface area contributed by atoms with Gasteiger partial charge in [0, 0.05) is 17.4 Å². The van der Waals surface area contributed by atoms with Crippen molar-refractivity contribution < 1.29 is 4.79 Å². The SMILES string of the molecule is Cc1cc(C(=O)Nc2ccc(Cl)c(Cl)c2)nc(NC2CC2)n1. The molecule has 5 nitrogen and oxygen atoms in total. The van der Waals surface area contributed by atoms with Gasteiger partial charge in [0.15, 0.2) is 0 Å². The number of hydrogen-bond donors (Lipinski definition) is 2. The van der Waals surface area contributed by atoms with E-state index in [2.05, 4.69) is 20.6 Å². The predicted molar refractivity (Wildman–Crippen MR) is 87.8 cm³/mol. The first-order chi connectivity index (χ1) is 10.5. The molecule has 0 radical (unpaired) electrons. The Morgan fingerprint density at radius 1 is 1.18 bits per heavy atom. The molecule has 2 aromatic rings. The molecule has 1 aromatic carbocycles. The lowest BCUT2D eigenvalue weighted by atomic mass is 10.3. The maximum atomic E-state index is 12.3. The number of nitrogens with one attached hydrogen (secondary N) is 2. The van der Waals surface area contributed by atoms with Gasteiger partial charge >= 0.3 is 0 Å². The second-order valence-corrected chi connectivity index (χ2v) is 6.03. The number of aryl methyl sites for hydroxylation is 1. The maximum Gasteiger partial charge on any atom is 0.274 e. The Balaban J connectivity index is 1.78. The Morgan fingerprint density at radius 2 is 1.95 bits per heavy atom. The largest absolute Gasteiger partial charge is 0.351 e. The molecule has 1 aromatic heterocycles.